The number of fused-ring (bicyclic) bond motifs is 1. The van der Waals surface area contributed by atoms with Crippen LogP contribution in [0.3, 0.4) is 0 Å². The van der Waals surface area contributed by atoms with Crippen molar-refractivity contribution >= 4 is 27.5 Å². The van der Waals surface area contributed by atoms with Gasteiger partial charge in [-0.1, -0.05) is 18.2 Å². The Kier molecular flexibility index (Phi) is 3.94. The molecular weight excluding hydrogens is 292 g/mol. The summed E-state index contributed by atoms with van der Waals surface area (Å²) >= 11 is 1.64. The summed E-state index contributed by atoms with van der Waals surface area (Å²) in [4.78, 5) is 18.8. The maximum Gasteiger partial charge on any atom is 0.253 e. The lowest BCUT2D eigenvalue weighted by Gasteiger charge is -2.16. The number of carbonyl (C=O) groups excluding carboxylic acids is 1. The molecule has 22 heavy (non-hydrogen) atoms. The van der Waals surface area contributed by atoms with E-state index in [0.29, 0.717) is 6.54 Å². The van der Waals surface area contributed by atoms with Crippen molar-refractivity contribution in [3.05, 3.63) is 64.2 Å². The Balaban J connectivity index is 1.79. The first-order valence-electron chi connectivity index (χ1n) is 7.22. The fourth-order valence-electron chi connectivity index (χ4n) is 2.36. The van der Waals surface area contributed by atoms with Crippen molar-refractivity contribution in [2.75, 3.05) is 7.05 Å². The Bertz CT molecular complexity index is 805. The van der Waals surface area contributed by atoms with E-state index in [1.807, 2.05) is 50.4 Å². The van der Waals surface area contributed by atoms with Crippen molar-refractivity contribution in [1.82, 2.24) is 9.88 Å². The molecule has 112 valence electrons. The van der Waals surface area contributed by atoms with Crippen LogP contribution in [-0.4, -0.2) is 22.8 Å². The number of rotatable bonds is 3. The van der Waals surface area contributed by atoms with Crippen LogP contribution < -0.4 is 0 Å². The van der Waals surface area contributed by atoms with Crippen LogP contribution in [-0.2, 0) is 6.54 Å². The highest BCUT2D eigenvalue weighted by molar-refractivity contribution is 7.18. The van der Waals surface area contributed by atoms with Gasteiger partial charge in [-0.2, -0.15) is 0 Å². The molecule has 4 heteroatoms. The van der Waals surface area contributed by atoms with Crippen LogP contribution in [0.2, 0.25) is 0 Å². The first-order chi connectivity index (χ1) is 10.5. The predicted molar refractivity (Wildman–Crippen MR) is 91.3 cm³/mol. The van der Waals surface area contributed by atoms with Crippen molar-refractivity contribution in [2.45, 2.75) is 20.4 Å². The third-order valence-corrected chi connectivity index (χ3v) is 4.83. The zero-order chi connectivity index (χ0) is 15.7. The molecule has 0 fully saturated rings. The lowest BCUT2D eigenvalue weighted by atomic mass is 10.1. The highest BCUT2D eigenvalue weighted by atomic mass is 32.1. The summed E-state index contributed by atoms with van der Waals surface area (Å²) in [6.45, 7) is 4.61. The summed E-state index contributed by atoms with van der Waals surface area (Å²) in [6.07, 6.45) is 0. The molecule has 0 aliphatic carbocycles. The van der Waals surface area contributed by atoms with E-state index in [9.17, 15) is 4.79 Å². The summed E-state index contributed by atoms with van der Waals surface area (Å²) in [5, 5.41) is 0.959. The second-order valence-corrected chi connectivity index (χ2v) is 6.65. The van der Waals surface area contributed by atoms with Crippen molar-refractivity contribution in [3.8, 4) is 0 Å². The van der Waals surface area contributed by atoms with Gasteiger partial charge in [0.05, 0.1) is 16.8 Å². The zero-order valence-electron chi connectivity index (χ0n) is 13.0. The van der Waals surface area contributed by atoms with Crippen LogP contribution in [0.4, 0.5) is 0 Å². The van der Waals surface area contributed by atoms with Crippen LogP contribution in [0, 0.1) is 13.8 Å². The summed E-state index contributed by atoms with van der Waals surface area (Å²) in [6, 6.07) is 13.9. The van der Waals surface area contributed by atoms with Gasteiger partial charge in [-0.15, -0.1) is 11.3 Å². The summed E-state index contributed by atoms with van der Waals surface area (Å²) < 4.78 is 1.16. The number of aromatic nitrogens is 1. The molecular formula is C18H18N2OS. The van der Waals surface area contributed by atoms with Crippen molar-refractivity contribution in [2.24, 2.45) is 0 Å². The average Bonchev–Trinajstić information content (AvgIpc) is 2.91. The monoisotopic (exact) mass is 310 g/mol. The van der Waals surface area contributed by atoms with Crippen molar-refractivity contribution in [3.63, 3.8) is 0 Å². The SMILES string of the molecule is Cc1ccc(C(=O)N(C)Cc2nc3ccccc3s2)cc1C. The van der Waals surface area contributed by atoms with Crippen molar-refractivity contribution < 1.29 is 4.79 Å². The number of hydrogen-bond acceptors (Lipinski definition) is 3. The minimum absolute atomic E-state index is 0.0300. The van der Waals surface area contributed by atoms with Gasteiger partial charge < -0.3 is 4.90 Å². The Morgan fingerprint density at radius 3 is 2.64 bits per heavy atom. The highest BCUT2D eigenvalue weighted by Crippen LogP contribution is 2.23. The molecule has 0 saturated carbocycles. The molecule has 0 N–H and O–H groups in total. The van der Waals surface area contributed by atoms with E-state index >= 15 is 0 Å². The summed E-state index contributed by atoms with van der Waals surface area (Å²) in [5.74, 6) is 0.0300. The minimum atomic E-state index is 0.0300. The molecule has 3 nitrogen and oxygen atoms in total. The number of para-hydroxylation sites is 1. The molecule has 1 heterocycles. The minimum Gasteiger partial charge on any atom is -0.335 e. The summed E-state index contributed by atoms with van der Waals surface area (Å²) in [7, 11) is 1.82. The standard InChI is InChI=1S/C18H18N2OS/c1-12-8-9-14(10-13(12)2)18(21)20(3)11-17-19-15-6-4-5-7-16(15)22-17/h4-10H,11H2,1-3H3. The molecule has 0 saturated heterocycles. The molecule has 0 radical (unpaired) electrons. The number of thiazole rings is 1. The number of nitrogens with zero attached hydrogens (tertiary/aromatic N) is 2. The van der Waals surface area contributed by atoms with E-state index in [2.05, 4.69) is 18.0 Å². The Morgan fingerprint density at radius 2 is 1.91 bits per heavy atom. The van der Waals surface area contributed by atoms with Gasteiger partial charge >= 0.3 is 0 Å². The van der Waals surface area contributed by atoms with E-state index in [1.54, 1.807) is 16.2 Å². The predicted octanol–water partition coefficient (Wildman–Crippen LogP) is 4.19. The molecule has 3 aromatic rings. The first kappa shape index (κ1) is 14.7. The second-order valence-electron chi connectivity index (χ2n) is 5.54. The molecule has 0 aliphatic rings. The lowest BCUT2D eigenvalue weighted by Crippen LogP contribution is -2.26. The smallest absolute Gasteiger partial charge is 0.253 e. The van der Waals surface area contributed by atoms with E-state index in [-0.39, 0.29) is 5.91 Å². The number of hydrogen-bond donors (Lipinski definition) is 0. The molecule has 1 aromatic heterocycles. The number of aryl methyl sites for hydroxylation is 2. The highest BCUT2D eigenvalue weighted by Gasteiger charge is 2.14. The fourth-order valence-corrected chi connectivity index (χ4v) is 3.38. The van der Waals surface area contributed by atoms with E-state index < -0.39 is 0 Å². The number of benzene rings is 2. The Morgan fingerprint density at radius 1 is 1.14 bits per heavy atom. The molecule has 3 rings (SSSR count). The van der Waals surface area contributed by atoms with Crippen LogP contribution >= 0.6 is 11.3 Å². The van der Waals surface area contributed by atoms with Gasteiger partial charge in [0.15, 0.2) is 0 Å². The van der Waals surface area contributed by atoms with Gasteiger partial charge in [-0.25, -0.2) is 4.98 Å². The number of carbonyl (C=O) groups is 1. The molecule has 0 unspecified atom stereocenters. The van der Waals surface area contributed by atoms with Crippen LogP contribution in [0.15, 0.2) is 42.5 Å². The molecule has 2 aromatic carbocycles. The molecule has 0 aliphatic heterocycles. The zero-order valence-corrected chi connectivity index (χ0v) is 13.8. The van der Waals surface area contributed by atoms with E-state index in [0.717, 1.165) is 26.4 Å². The lowest BCUT2D eigenvalue weighted by molar-refractivity contribution is 0.0785. The second kappa shape index (κ2) is 5.89. The first-order valence-corrected chi connectivity index (χ1v) is 8.03. The van der Waals surface area contributed by atoms with Crippen LogP contribution in [0.1, 0.15) is 26.5 Å². The van der Waals surface area contributed by atoms with Gasteiger partial charge in [-0.3, -0.25) is 4.79 Å². The van der Waals surface area contributed by atoms with E-state index in [1.165, 1.54) is 5.56 Å². The van der Waals surface area contributed by atoms with Gasteiger partial charge in [0.1, 0.15) is 5.01 Å². The Hall–Kier alpha value is -2.20. The maximum atomic E-state index is 12.5. The van der Waals surface area contributed by atoms with Crippen molar-refractivity contribution in [1.29, 1.82) is 0 Å². The Labute approximate surface area is 134 Å². The average molecular weight is 310 g/mol. The topological polar surface area (TPSA) is 33.2 Å². The third-order valence-electron chi connectivity index (χ3n) is 3.81. The quantitative estimate of drug-likeness (QED) is 0.727. The maximum absolute atomic E-state index is 12.5. The van der Waals surface area contributed by atoms with Gasteiger partial charge in [0, 0.05) is 12.6 Å². The third kappa shape index (κ3) is 2.88. The largest absolute Gasteiger partial charge is 0.335 e. The van der Waals surface area contributed by atoms with Gasteiger partial charge in [0.25, 0.3) is 5.91 Å². The molecule has 0 spiro atoms. The molecule has 0 atom stereocenters. The fraction of sp³-hybridized carbons (Fsp3) is 0.222. The molecule has 1 amide bonds. The van der Waals surface area contributed by atoms with Crippen LogP contribution in [0.25, 0.3) is 10.2 Å². The molecule has 0 bridgehead atoms. The van der Waals surface area contributed by atoms with Gasteiger partial charge in [-0.05, 0) is 49.2 Å². The van der Waals surface area contributed by atoms with E-state index in [4.69, 9.17) is 0 Å². The normalized spacial score (nSPS) is 10.9. The number of amides is 1. The van der Waals surface area contributed by atoms with Crippen LogP contribution in [0.5, 0.6) is 0 Å². The van der Waals surface area contributed by atoms with Gasteiger partial charge in [0.2, 0.25) is 0 Å². The summed E-state index contributed by atoms with van der Waals surface area (Å²) in [5.41, 5.74) is 4.06.